The summed E-state index contributed by atoms with van der Waals surface area (Å²) in [5.41, 5.74) is 13.1. The normalized spacial score (nSPS) is 19.0. The van der Waals surface area contributed by atoms with E-state index in [4.69, 9.17) is 0 Å². The molecule has 4 aromatic rings. The second-order valence-electron chi connectivity index (χ2n) is 14.1. The molecule has 0 N–H and O–H groups in total. The van der Waals surface area contributed by atoms with Gasteiger partial charge in [-0.3, -0.25) is 6.08 Å². The summed E-state index contributed by atoms with van der Waals surface area (Å²) in [6.45, 7) is 22.6. The van der Waals surface area contributed by atoms with Crippen molar-refractivity contribution in [2.75, 3.05) is 0 Å². The summed E-state index contributed by atoms with van der Waals surface area (Å²) >= 11 is 1.46. The van der Waals surface area contributed by atoms with E-state index in [1.807, 2.05) is 6.07 Å². The van der Waals surface area contributed by atoms with Crippen LogP contribution in [-0.4, -0.2) is 3.71 Å². The van der Waals surface area contributed by atoms with Gasteiger partial charge < -0.3 is 0 Å². The first-order valence-electron chi connectivity index (χ1n) is 15.7. The summed E-state index contributed by atoms with van der Waals surface area (Å²) in [5, 5.41) is 5.57. The van der Waals surface area contributed by atoms with Gasteiger partial charge in [0.2, 0.25) is 0 Å². The second kappa shape index (κ2) is 12.0. The fourth-order valence-electron chi connectivity index (χ4n) is 7.25. The Morgan fingerprint density at radius 1 is 0.791 bits per heavy atom. The van der Waals surface area contributed by atoms with Crippen molar-refractivity contribution in [1.82, 2.24) is 0 Å². The Kier molecular flexibility index (Phi) is 8.81. The van der Waals surface area contributed by atoms with E-state index in [2.05, 4.69) is 152 Å². The Bertz CT molecular complexity index is 1740. The van der Waals surface area contributed by atoms with Gasteiger partial charge >= 0.3 is 63.8 Å². The van der Waals surface area contributed by atoms with Crippen LogP contribution in [0.2, 0.25) is 0 Å². The number of rotatable bonds is 2. The van der Waals surface area contributed by atoms with Gasteiger partial charge in [0.25, 0.3) is 0 Å². The molecule has 1 heteroatoms. The third-order valence-electron chi connectivity index (χ3n) is 9.27. The summed E-state index contributed by atoms with van der Waals surface area (Å²) in [7, 11) is 0. The third kappa shape index (κ3) is 6.26. The Morgan fingerprint density at radius 2 is 1.28 bits per heavy atom. The van der Waals surface area contributed by atoms with E-state index in [-0.39, 0.29) is 10.8 Å². The molecule has 0 heterocycles. The van der Waals surface area contributed by atoms with Crippen LogP contribution >= 0.6 is 0 Å². The molecule has 0 aliphatic heterocycles. The van der Waals surface area contributed by atoms with Crippen LogP contribution in [0.5, 0.6) is 0 Å². The molecule has 218 valence electrons. The van der Waals surface area contributed by atoms with Gasteiger partial charge in [0.15, 0.2) is 0 Å². The number of benzene rings is 3. The van der Waals surface area contributed by atoms with Gasteiger partial charge in [0.05, 0.1) is 0 Å². The topological polar surface area (TPSA) is 0 Å². The van der Waals surface area contributed by atoms with Crippen molar-refractivity contribution in [1.29, 1.82) is 0 Å². The summed E-state index contributed by atoms with van der Waals surface area (Å²) < 4.78 is 2.17. The van der Waals surface area contributed by atoms with Gasteiger partial charge in [-0.2, -0.15) is 11.6 Å². The van der Waals surface area contributed by atoms with Crippen LogP contribution in [0.3, 0.4) is 0 Å². The van der Waals surface area contributed by atoms with Crippen LogP contribution in [0.4, 0.5) is 0 Å². The Hall–Kier alpha value is -2.76. The van der Waals surface area contributed by atoms with Crippen molar-refractivity contribution in [3.63, 3.8) is 0 Å². The first-order chi connectivity index (χ1) is 20.2. The predicted molar refractivity (Wildman–Crippen MR) is 187 cm³/mol. The molecule has 7 rings (SSSR count). The van der Waals surface area contributed by atoms with Crippen LogP contribution in [0.1, 0.15) is 97.1 Å². The van der Waals surface area contributed by atoms with Crippen molar-refractivity contribution >= 4 is 36.4 Å². The molecule has 0 nitrogen and oxygen atoms in total. The molecule has 4 aromatic carbocycles. The monoisotopic (exact) mass is 640 g/mol. The Labute approximate surface area is 275 Å². The van der Waals surface area contributed by atoms with Gasteiger partial charge in [-0.15, -0.1) is 39.7 Å². The first-order valence-corrected chi connectivity index (χ1v) is 17.1. The average molecular weight is 642 g/mol. The number of hydrogen-bond donors (Lipinski definition) is 0. The van der Waals surface area contributed by atoms with E-state index in [0.29, 0.717) is 11.8 Å². The summed E-state index contributed by atoms with van der Waals surface area (Å²) in [6.07, 6.45) is 10.5. The molecule has 3 aliphatic rings. The predicted octanol–water partition coefficient (Wildman–Crippen LogP) is 11.5. The van der Waals surface area contributed by atoms with Crippen LogP contribution in [0.25, 0.3) is 32.7 Å². The molecule has 0 saturated carbocycles. The zero-order valence-corrected chi connectivity index (χ0v) is 30.2. The van der Waals surface area contributed by atoms with Gasteiger partial charge in [-0.05, 0) is 36.1 Å². The summed E-state index contributed by atoms with van der Waals surface area (Å²) in [4.78, 5) is 0. The van der Waals surface area contributed by atoms with E-state index in [1.54, 1.807) is 0 Å². The second-order valence-corrected chi connectivity index (χ2v) is 14.8. The SMILES string of the molecule is CC1=CC(C)(C)c2cc3[cH-]c4cc5c(cc4c3cc21)C(C)=CC5(C)C.CC1=[C-]C(C)C=C1C(C)C.[Zr+2]=[CH]c1ccccc1. The molecule has 1 unspecified atom stereocenters. The molecule has 0 aromatic heterocycles. The van der Waals surface area contributed by atoms with Crippen molar-refractivity contribution in [2.24, 2.45) is 11.8 Å². The average Bonchev–Trinajstić information content (AvgIpc) is 3.62. The molecule has 0 amide bonds. The zero-order chi connectivity index (χ0) is 31.3. The summed E-state index contributed by atoms with van der Waals surface area (Å²) in [5.74, 6) is 1.20. The third-order valence-corrected chi connectivity index (χ3v) is 10.1. The maximum atomic E-state index is 3.37. The van der Waals surface area contributed by atoms with Gasteiger partial charge in [0.1, 0.15) is 0 Å². The van der Waals surface area contributed by atoms with E-state index in [0.717, 1.165) is 0 Å². The van der Waals surface area contributed by atoms with Crippen LogP contribution < -0.4 is 0 Å². The van der Waals surface area contributed by atoms with Crippen molar-refractivity contribution in [3.05, 3.63) is 124 Å². The van der Waals surface area contributed by atoms with Gasteiger partial charge in [-0.1, -0.05) is 103 Å². The molecule has 0 radical (unpaired) electrons. The van der Waals surface area contributed by atoms with Crippen LogP contribution in [0, 0.1) is 17.9 Å². The number of fused-ring (bicyclic) bond motifs is 5. The number of hydrogen-bond acceptors (Lipinski definition) is 0. The standard InChI is InChI=1S/C25H25.C10H15.C7H6.Zr/c1-14-12-24(3,4)22-8-16-7-17-9-23-19(15(2)13-25(23,5)6)11-21(17)20(16)10-18(14)22;1-7(2)10-6-8(3)5-9(10)4;1-7-5-3-2-4-6-7;/h7-13H,1-6H3;6-8H,1-4H3;1-6H;/q2*-1;;+2. The Balaban J connectivity index is 0.000000168. The minimum atomic E-state index is 0.139. The molecular weight excluding hydrogens is 596 g/mol. The summed E-state index contributed by atoms with van der Waals surface area (Å²) in [6, 6.07) is 22.4. The molecule has 0 saturated heterocycles. The molecule has 3 aliphatic carbocycles. The molecular formula is C42H46Zr. The molecule has 0 fully saturated rings. The fourth-order valence-corrected chi connectivity index (χ4v) is 7.73. The Morgan fingerprint density at radius 3 is 1.63 bits per heavy atom. The number of allylic oxidation sites excluding steroid dienone is 8. The molecule has 0 bridgehead atoms. The van der Waals surface area contributed by atoms with Crippen molar-refractivity contribution in [2.45, 2.75) is 80.1 Å². The first kappa shape index (κ1) is 31.7. The molecule has 0 spiro atoms. The quantitative estimate of drug-likeness (QED) is 0.191. The minimum absolute atomic E-state index is 0.139. The van der Waals surface area contributed by atoms with E-state index < -0.39 is 0 Å². The van der Waals surface area contributed by atoms with E-state index in [1.165, 1.54) is 95.9 Å². The van der Waals surface area contributed by atoms with Crippen LogP contribution in [-0.2, 0) is 35.1 Å². The van der Waals surface area contributed by atoms with E-state index in [9.17, 15) is 0 Å². The fraction of sp³-hybridized carbons (Fsp3) is 0.333. The zero-order valence-electron chi connectivity index (χ0n) is 27.7. The molecule has 43 heavy (non-hydrogen) atoms. The van der Waals surface area contributed by atoms with Crippen molar-refractivity contribution < 1.29 is 24.2 Å². The molecule has 1 atom stereocenters. The van der Waals surface area contributed by atoms with Crippen molar-refractivity contribution in [3.8, 4) is 0 Å². The van der Waals surface area contributed by atoms with E-state index >= 15 is 0 Å². The van der Waals surface area contributed by atoms with Gasteiger partial charge in [-0.25, -0.2) is 5.57 Å². The van der Waals surface area contributed by atoms with Crippen LogP contribution in [0.15, 0.2) is 90.0 Å². The van der Waals surface area contributed by atoms with Gasteiger partial charge in [0, 0.05) is 10.8 Å². The maximum absolute atomic E-state index is 3.37.